The number of hydrogen-bond acceptors (Lipinski definition) is 4. The standard InChI is InChI=1S/C11H23N3O2S/c15-17(16)11-2-1-7-14(17)8-3-6-13-9-4-12-5-10-13/h12H,1-11H2. The maximum atomic E-state index is 11.8. The van der Waals surface area contributed by atoms with Gasteiger partial charge in [-0.15, -0.1) is 0 Å². The van der Waals surface area contributed by atoms with Gasteiger partial charge < -0.3 is 10.2 Å². The smallest absolute Gasteiger partial charge is 0.214 e. The zero-order chi connectivity index (χ0) is 12.1. The van der Waals surface area contributed by atoms with Gasteiger partial charge in [0.15, 0.2) is 0 Å². The Balaban J connectivity index is 1.70. The molecule has 6 heteroatoms. The summed E-state index contributed by atoms with van der Waals surface area (Å²) in [7, 11) is -2.92. The lowest BCUT2D eigenvalue weighted by atomic mass is 10.3. The quantitative estimate of drug-likeness (QED) is 0.755. The van der Waals surface area contributed by atoms with E-state index >= 15 is 0 Å². The topological polar surface area (TPSA) is 52.7 Å². The number of sulfonamides is 1. The van der Waals surface area contributed by atoms with Gasteiger partial charge in [0.2, 0.25) is 10.0 Å². The molecule has 0 saturated carbocycles. The highest BCUT2D eigenvalue weighted by atomic mass is 32.2. The van der Waals surface area contributed by atoms with Crippen LogP contribution in [0.5, 0.6) is 0 Å². The third-order valence-electron chi connectivity index (χ3n) is 3.54. The van der Waals surface area contributed by atoms with Crippen molar-refractivity contribution in [3.63, 3.8) is 0 Å². The molecule has 0 radical (unpaired) electrons. The summed E-state index contributed by atoms with van der Waals surface area (Å²) in [5.41, 5.74) is 0. The summed E-state index contributed by atoms with van der Waals surface area (Å²) in [5.74, 6) is 0.348. The Kier molecular flexibility index (Phi) is 4.78. The highest BCUT2D eigenvalue weighted by molar-refractivity contribution is 7.89. The van der Waals surface area contributed by atoms with Gasteiger partial charge in [-0.25, -0.2) is 12.7 Å². The molecule has 0 atom stereocenters. The molecule has 2 fully saturated rings. The Labute approximate surface area is 104 Å². The predicted molar refractivity (Wildman–Crippen MR) is 68.5 cm³/mol. The summed E-state index contributed by atoms with van der Waals surface area (Å²) in [6, 6.07) is 0. The summed E-state index contributed by atoms with van der Waals surface area (Å²) in [6.45, 7) is 6.74. The molecule has 0 aromatic carbocycles. The SMILES string of the molecule is O=S1(=O)CCCCN1CCCN1CCNCC1. The Morgan fingerprint density at radius 1 is 1.00 bits per heavy atom. The fourth-order valence-corrected chi connectivity index (χ4v) is 4.14. The lowest BCUT2D eigenvalue weighted by Crippen LogP contribution is -2.45. The first-order valence-electron chi connectivity index (χ1n) is 6.59. The molecule has 0 amide bonds. The Hall–Kier alpha value is -0.170. The predicted octanol–water partition coefficient (Wildman–Crippen LogP) is -0.293. The van der Waals surface area contributed by atoms with Crippen LogP contribution in [0.4, 0.5) is 0 Å². The maximum absolute atomic E-state index is 11.8. The minimum Gasteiger partial charge on any atom is -0.314 e. The zero-order valence-electron chi connectivity index (χ0n) is 10.4. The van der Waals surface area contributed by atoms with Gasteiger partial charge in [0.25, 0.3) is 0 Å². The van der Waals surface area contributed by atoms with E-state index in [1.807, 2.05) is 0 Å². The zero-order valence-corrected chi connectivity index (χ0v) is 11.2. The third-order valence-corrected chi connectivity index (χ3v) is 5.50. The van der Waals surface area contributed by atoms with E-state index in [1.165, 1.54) is 0 Å². The molecule has 2 aliphatic rings. The fourth-order valence-electron chi connectivity index (χ4n) is 2.50. The molecule has 5 nitrogen and oxygen atoms in total. The van der Waals surface area contributed by atoms with Crippen LogP contribution < -0.4 is 5.32 Å². The molecule has 100 valence electrons. The second-order valence-electron chi connectivity index (χ2n) is 4.87. The second-order valence-corrected chi connectivity index (χ2v) is 6.96. The molecule has 2 heterocycles. The van der Waals surface area contributed by atoms with Gasteiger partial charge in [0, 0.05) is 39.3 Å². The average molecular weight is 261 g/mol. The molecule has 2 aliphatic heterocycles. The lowest BCUT2D eigenvalue weighted by Gasteiger charge is -2.29. The molecule has 0 bridgehead atoms. The molecule has 0 aromatic heterocycles. The van der Waals surface area contributed by atoms with Crippen molar-refractivity contribution < 1.29 is 8.42 Å². The van der Waals surface area contributed by atoms with E-state index < -0.39 is 10.0 Å². The maximum Gasteiger partial charge on any atom is 0.214 e. The highest BCUT2D eigenvalue weighted by Gasteiger charge is 2.25. The van der Waals surface area contributed by atoms with Gasteiger partial charge >= 0.3 is 0 Å². The summed E-state index contributed by atoms with van der Waals surface area (Å²) in [5, 5.41) is 3.32. The van der Waals surface area contributed by atoms with E-state index in [-0.39, 0.29) is 0 Å². The van der Waals surface area contributed by atoms with Crippen molar-refractivity contribution in [1.29, 1.82) is 0 Å². The monoisotopic (exact) mass is 261 g/mol. The molecule has 2 rings (SSSR count). The van der Waals surface area contributed by atoms with E-state index in [2.05, 4.69) is 10.2 Å². The Morgan fingerprint density at radius 3 is 2.47 bits per heavy atom. The number of nitrogens with one attached hydrogen (secondary N) is 1. The number of rotatable bonds is 4. The first kappa shape index (κ1) is 13.3. The van der Waals surface area contributed by atoms with Crippen LogP contribution in [-0.2, 0) is 10.0 Å². The van der Waals surface area contributed by atoms with Crippen LogP contribution in [0.2, 0.25) is 0 Å². The fraction of sp³-hybridized carbons (Fsp3) is 1.00. The molecule has 0 aliphatic carbocycles. The molecule has 0 spiro atoms. The molecule has 2 saturated heterocycles. The minimum atomic E-state index is -2.92. The largest absolute Gasteiger partial charge is 0.314 e. The van der Waals surface area contributed by atoms with E-state index in [4.69, 9.17) is 0 Å². The van der Waals surface area contributed by atoms with Gasteiger partial charge in [-0.05, 0) is 25.8 Å². The summed E-state index contributed by atoms with van der Waals surface area (Å²) in [4.78, 5) is 2.41. The van der Waals surface area contributed by atoms with Crippen molar-refractivity contribution in [1.82, 2.24) is 14.5 Å². The van der Waals surface area contributed by atoms with Crippen LogP contribution in [0.25, 0.3) is 0 Å². The van der Waals surface area contributed by atoms with Crippen LogP contribution in [0.3, 0.4) is 0 Å². The van der Waals surface area contributed by atoms with E-state index in [9.17, 15) is 8.42 Å². The van der Waals surface area contributed by atoms with Crippen molar-refractivity contribution >= 4 is 10.0 Å². The first-order valence-corrected chi connectivity index (χ1v) is 8.20. The number of piperazine rings is 1. The van der Waals surface area contributed by atoms with Crippen molar-refractivity contribution in [2.75, 3.05) is 51.6 Å². The summed E-state index contributed by atoms with van der Waals surface area (Å²) < 4.78 is 25.2. The van der Waals surface area contributed by atoms with Crippen molar-refractivity contribution in [3.8, 4) is 0 Å². The Morgan fingerprint density at radius 2 is 1.76 bits per heavy atom. The van der Waals surface area contributed by atoms with E-state index in [0.29, 0.717) is 12.3 Å². The molecule has 0 aromatic rings. The summed E-state index contributed by atoms with van der Waals surface area (Å²) in [6.07, 6.45) is 2.81. The van der Waals surface area contributed by atoms with Crippen molar-refractivity contribution in [2.45, 2.75) is 19.3 Å². The van der Waals surface area contributed by atoms with Gasteiger partial charge in [-0.2, -0.15) is 0 Å². The molecular weight excluding hydrogens is 238 g/mol. The van der Waals surface area contributed by atoms with Gasteiger partial charge in [0.1, 0.15) is 0 Å². The third kappa shape index (κ3) is 3.91. The highest BCUT2D eigenvalue weighted by Crippen LogP contribution is 2.13. The lowest BCUT2D eigenvalue weighted by molar-refractivity contribution is 0.230. The first-order chi connectivity index (χ1) is 8.18. The van der Waals surface area contributed by atoms with Gasteiger partial charge in [-0.3, -0.25) is 0 Å². The van der Waals surface area contributed by atoms with Crippen LogP contribution >= 0.6 is 0 Å². The molecular formula is C11H23N3O2S. The number of hydrogen-bond donors (Lipinski definition) is 1. The van der Waals surface area contributed by atoms with E-state index in [0.717, 1.165) is 58.5 Å². The van der Waals surface area contributed by atoms with Gasteiger partial charge in [0.05, 0.1) is 5.75 Å². The van der Waals surface area contributed by atoms with Crippen molar-refractivity contribution in [2.24, 2.45) is 0 Å². The van der Waals surface area contributed by atoms with Crippen LogP contribution in [-0.4, -0.2) is 69.2 Å². The van der Waals surface area contributed by atoms with Gasteiger partial charge in [-0.1, -0.05) is 0 Å². The normalized spacial score (nSPS) is 27.1. The van der Waals surface area contributed by atoms with Crippen LogP contribution in [0, 0.1) is 0 Å². The number of nitrogens with zero attached hydrogens (tertiary/aromatic N) is 2. The average Bonchev–Trinajstić information content (AvgIpc) is 2.32. The summed E-state index contributed by atoms with van der Waals surface area (Å²) >= 11 is 0. The molecule has 1 N–H and O–H groups in total. The minimum absolute atomic E-state index is 0.348. The second kappa shape index (κ2) is 6.13. The molecule has 0 unspecified atom stereocenters. The van der Waals surface area contributed by atoms with Crippen LogP contribution in [0.15, 0.2) is 0 Å². The van der Waals surface area contributed by atoms with Crippen LogP contribution in [0.1, 0.15) is 19.3 Å². The van der Waals surface area contributed by atoms with E-state index in [1.54, 1.807) is 4.31 Å². The Bertz CT molecular complexity index is 326. The van der Waals surface area contributed by atoms with Crippen molar-refractivity contribution in [3.05, 3.63) is 0 Å². The molecule has 17 heavy (non-hydrogen) atoms.